The first-order valence-corrected chi connectivity index (χ1v) is 6.42. The van der Waals surface area contributed by atoms with E-state index in [2.05, 4.69) is 10.1 Å². The molecular weight excluding hydrogens is 247 g/mol. The number of aliphatic hydroxyl groups excluding tert-OH is 1. The standard InChI is InChI=1S/C14H17FN2O2/c1-2-5-11(18)9-14-16-13(17-19-14)8-10-6-3-4-7-12(10)15/h3-4,6-7,11,18H,2,5,8-9H2,1H3. The van der Waals surface area contributed by atoms with E-state index >= 15 is 0 Å². The highest BCUT2D eigenvalue weighted by molar-refractivity contribution is 5.20. The predicted molar refractivity (Wildman–Crippen MR) is 68.1 cm³/mol. The lowest BCUT2D eigenvalue weighted by Crippen LogP contribution is -2.09. The maximum absolute atomic E-state index is 13.5. The van der Waals surface area contributed by atoms with Crippen molar-refractivity contribution in [2.45, 2.75) is 38.7 Å². The van der Waals surface area contributed by atoms with E-state index in [-0.39, 0.29) is 5.82 Å². The predicted octanol–water partition coefficient (Wildman–Crippen LogP) is 2.50. The van der Waals surface area contributed by atoms with Gasteiger partial charge in [-0.3, -0.25) is 0 Å². The molecule has 0 saturated carbocycles. The molecule has 2 aromatic rings. The van der Waals surface area contributed by atoms with Crippen molar-refractivity contribution in [3.63, 3.8) is 0 Å². The van der Waals surface area contributed by atoms with Crippen molar-refractivity contribution in [1.82, 2.24) is 10.1 Å². The van der Waals surface area contributed by atoms with Crippen LogP contribution < -0.4 is 0 Å². The van der Waals surface area contributed by atoms with Crippen molar-refractivity contribution < 1.29 is 14.0 Å². The minimum atomic E-state index is -0.466. The number of aliphatic hydroxyl groups is 1. The summed E-state index contributed by atoms with van der Waals surface area (Å²) in [7, 11) is 0. The number of aromatic nitrogens is 2. The Bertz CT molecular complexity index is 528. The summed E-state index contributed by atoms with van der Waals surface area (Å²) in [5, 5.41) is 13.5. The molecule has 0 fully saturated rings. The van der Waals surface area contributed by atoms with Crippen LogP contribution in [-0.4, -0.2) is 21.4 Å². The lowest BCUT2D eigenvalue weighted by molar-refractivity contribution is 0.151. The molecule has 19 heavy (non-hydrogen) atoms. The molecule has 1 atom stereocenters. The minimum absolute atomic E-state index is 0.278. The number of hydrogen-bond acceptors (Lipinski definition) is 4. The number of rotatable bonds is 6. The summed E-state index contributed by atoms with van der Waals surface area (Å²) in [4.78, 5) is 4.16. The van der Waals surface area contributed by atoms with Crippen LogP contribution in [-0.2, 0) is 12.8 Å². The van der Waals surface area contributed by atoms with Gasteiger partial charge in [-0.15, -0.1) is 0 Å². The van der Waals surface area contributed by atoms with Gasteiger partial charge in [0.15, 0.2) is 5.82 Å². The van der Waals surface area contributed by atoms with Gasteiger partial charge in [0.1, 0.15) is 5.82 Å². The molecule has 1 unspecified atom stereocenters. The lowest BCUT2D eigenvalue weighted by Gasteiger charge is -2.03. The van der Waals surface area contributed by atoms with E-state index in [9.17, 15) is 9.50 Å². The molecule has 1 aromatic carbocycles. The molecule has 0 aliphatic heterocycles. The lowest BCUT2D eigenvalue weighted by atomic mass is 10.1. The SMILES string of the molecule is CCCC(O)Cc1nc(Cc2ccccc2F)no1. The van der Waals surface area contributed by atoms with E-state index < -0.39 is 6.10 Å². The molecule has 0 bridgehead atoms. The molecule has 1 N–H and O–H groups in total. The zero-order chi connectivity index (χ0) is 13.7. The minimum Gasteiger partial charge on any atom is -0.393 e. The Labute approximate surface area is 111 Å². The van der Waals surface area contributed by atoms with E-state index in [0.29, 0.717) is 36.5 Å². The molecule has 1 heterocycles. The normalized spacial score (nSPS) is 12.6. The monoisotopic (exact) mass is 264 g/mol. The van der Waals surface area contributed by atoms with Crippen molar-refractivity contribution >= 4 is 0 Å². The number of halogens is 1. The first kappa shape index (κ1) is 13.7. The van der Waals surface area contributed by atoms with Crippen molar-refractivity contribution in [3.05, 3.63) is 47.4 Å². The average molecular weight is 264 g/mol. The number of nitrogens with zero attached hydrogens (tertiary/aromatic N) is 2. The highest BCUT2D eigenvalue weighted by Crippen LogP contribution is 2.12. The van der Waals surface area contributed by atoms with Crippen LogP contribution in [0.4, 0.5) is 4.39 Å². The molecule has 0 spiro atoms. The van der Waals surface area contributed by atoms with Gasteiger partial charge in [0.05, 0.1) is 12.5 Å². The van der Waals surface area contributed by atoms with Gasteiger partial charge in [-0.25, -0.2) is 4.39 Å². The maximum atomic E-state index is 13.5. The quantitative estimate of drug-likeness (QED) is 0.871. The first-order valence-electron chi connectivity index (χ1n) is 6.42. The molecule has 0 aliphatic rings. The molecule has 1 aromatic heterocycles. The van der Waals surface area contributed by atoms with Crippen LogP contribution in [0.2, 0.25) is 0 Å². The fourth-order valence-electron chi connectivity index (χ4n) is 1.89. The second-order valence-corrected chi connectivity index (χ2v) is 4.52. The van der Waals surface area contributed by atoms with E-state index in [4.69, 9.17) is 4.52 Å². The molecule has 0 saturated heterocycles. The molecule has 0 radical (unpaired) electrons. The van der Waals surface area contributed by atoms with Gasteiger partial charge in [-0.2, -0.15) is 4.98 Å². The fourth-order valence-corrected chi connectivity index (χ4v) is 1.89. The van der Waals surface area contributed by atoms with Crippen molar-refractivity contribution in [2.75, 3.05) is 0 Å². The van der Waals surface area contributed by atoms with Gasteiger partial charge in [0, 0.05) is 6.42 Å². The third kappa shape index (κ3) is 3.86. The van der Waals surface area contributed by atoms with E-state index in [1.807, 2.05) is 6.92 Å². The summed E-state index contributed by atoms with van der Waals surface area (Å²) in [5.74, 6) is 0.552. The van der Waals surface area contributed by atoms with Gasteiger partial charge in [0.25, 0.3) is 0 Å². The third-order valence-corrected chi connectivity index (χ3v) is 2.85. The Morgan fingerprint density at radius 2 is 2.16 bits per heavy atom. The fraction of sp³-hybridized carbons (Fsp3) is 0.429. The van der Waals surface area contributed by atoms with E-state index in [1.165, 1.54) is 6.07 Å². The average Bonchev–Trinajstić information content (AvgIpc) is 2.80. The van der Waals surface area contributed by atoms with Crippen molar-refractivity contribution in [3.8, 4) is 0 Å². The summed E-state index contributed by atoms with van der Waals surface area (Å²) in [5.41, 5.74) is 0.531. The van der Waals surface area contributed by atoms with Gasteiger partial charge in [-0.05, 0) is 18.1 Å². The molecule has 102 valence electrons. The Balaban J connectivity index is 2.00. The zero-order valence-electron chi connectivity index (χ0n) is 10.8. The largest absolute Gasteiger partial charge is 0.393 e. The molecule has 0 aliphatic carbocycles. The summed E-state index contributed by atoms with van der Waals surface area (Å²) in [6.45, 7) is 2.00. The van der Waals surface area contributed by atoms with Gasteiger partial charge < -0.3 is 9.63 Å². The summed E-state index contributed by atoms with van der Waals surface area (Å²) >= 11 is 0. The van der Waals surface area contributed by atoms with Crippen LogP contribution in [0.15, 0.2) is 28.8 Å². The van der Waals surface area contributed by atoms with E-state index in [0.717, 1.165) is 6.42 Å². The molecule has 5 heteroatoms. The van der Waals surface area contributed by atoms with E-state index in [1.54, 1.807) is 18.2 Å². The van der Waals surface area contributed by atoms with Crippen molar-refractivity contribution in [1.29, 1.82) is 0 Å². The zero-order valence-corrected chi connectivity index (χ0v) is 10.8. The van der Waals surface area contributed by atoms with Crippen LogP contribution >= 0.6 is 0 Å². The second kappa shape index (κ2) is 6.43. The smallest absolute Gasteiger partial charge is 0.229 e. The summed E-state index contributed by atoms with van der Waals surface area (Å²) < 4.78 is 18.5. The Hall–Kier alpha value is -1.75. The summed E-state index contributed by atoms with van der Waals surface area (Å²) in [6.07, 6.45) is 1.77. The Kier molecular flexibility index (Phi) is 4.63. The molecule has 0 amide bonds. The molecule has 4 nitrogen and oxygen atoms in total. The van der Waals surface area contributed by atoms with Crippen LogP contribution in [0.25, 0.3) is 0 Å². The van der Waals surface area contributed by atoms with Crippen molar-refractivity contribution in [2.24, 2.45) is 0 Å². The maximum Gasteiger partial charge on any atom is 0.229 e. The van der Waals surface area contributed by atoms with Crippen LogP contribution in [0.1, 0.15) is 37.0 Å². The highest BCUT2D eigenvalue weighted by Gasteiger charge is 2.13. The topological polar surface area (TPSA) is 59.2 Å². The third-order valence-electron chi connectivity index (χ3n) is 2.85. The van der Waals surface area contributed by atoms with Gasteiger partial charge in [0.2, 0.25) is 5.89 Å². The number of hydrogen-bond donors (Lipinski definition) is 1. The molecular formula is C14H17FN2O2. The van der Waals surface area contributed by atoms with Crippen LogP contribution in [0.5, 0.6) is 0 Å². The van der Waals surface area contributed by atoms with Crippen LogP contribution in [0, 0.1) is 5.82 Å². The number of benzene rings is 1. The Morgan fingerprint density at radius 3 is 2.89 bits per heavy atom. The van der Waals surface area contributed by atoms with Gasteiger partial charge >= 0.3 is 0 Å². The second-order valence-electron chi connectivity index (χ2n) is 4.52. The summed E-state index contributed by atoms with van der Waals surface area (Å²) in [6, 6.07) is 6.50. The molecule has 2 rings (SSSR count). The van der Waals surface area contributed by atoms with Crippen LogP contribution in [0.3, 0.4) is 0 Å². The first-order chi connectivity index (χ1) is 9.19. The van der Waals surface area contributed by atoms with Gasteiger partial charge in [-0.1, -0.05) is 36.7 Å². The Morgan fingerprint density at radius 1 is 1.37 bits per heavy atom. The highest BCUT2D eigenvalue weighted by atomic mass is 19.1.